The molecule has 0 N–H and O–H groups in total. The Morgan fingerprint density at radius 1 is 1.12 bits per heavy atom. The van der Waals surface area contributed by atoms with Gasteiger partial charge in [-0.1, -0.05) is 28.1 Å². The number of halogens is 1. The second kappa shape index (κ2) is 7.26. The molecule has 1 aliphatic heterocycles. The van der Waals surface area contributed by atoms with Crippen molar-refractivity contribution >= 4 is 21.8 Å². The van der Waals surface area contributed by atoms with Crippen molar-refractivity contribution in [3.8, 4) is 0 Å². The fraction of sp³-hybridized carbons (Fsp3) is 0.400. The van der Waals surface area contributed by atoms with E-state index in [4.69, 9.17) is 0 Å². The van der Waals surface area contributed by atoms with E-state index in [2.05, 4.69) is 61.0 Å². The van der Waals surface area contributed by atoms with E-state index in [1.165, 1.54) is 11.1 Å². The summed E-state index contributed by atoms with van der Waals surface area (Å²) in [5.41, 5.74) is 2.57. The Kier molecular flexibility index (Phi) is 4.86. The van der Waals surface area contributed by atoms with Crippen molar-refractivity contribution in [1.29, 1.82) is 0 Å². The van der Waals surface area contributed by atoms with Gasteiger partial charge in [-0.2, -0.15) is 0 Å². The van der Waals surface area contributed by atoms with Crippen LogP contribution in [0.4, 0.5) is 0 Å². The van der Waals surface area contributed by atoms with Crippen LogP contribution in [0.3, 0.4) is 0 Å². The van der Waals surface area contributed by atoms with E-state index >= 15 is 0 Å². The Labute approximate surface area is 157 Å². The SMILES string of the molecule is O=C(C1CC1c1cccc(Br)c1)N1CCN(Cc2ccncc2)CC1. The minimum absolute atomic E-state index is 0.182. The first-order chi connectivity index (χ1) is 12.2. The quantitative estimate of drug-likeness (QED) is 0.791. The summed E-state index contributed by atoms with van der Waals surface area (Å²) in [6.07, 6.45) is 4.67. The summed E-state index contributed by atoms with van der Waals surface area (Å²) >= 11 is 3.52. The molecular formula is C20H22BrN3O. The first kappa shape index (κ1) is 16.7. The van der Waals surface area contributed by atoms with Crippen molar-refractivity contribution in [1.82, 2.24) is 14.8 Å². The second-order valence-corrected chi connectivity index (χ2v) is 7.88. The highest BCUT2D eigenvalue weighted by atomic mass is 79.9. The zero-order valence-corrected chi connectivity index (χ0v) is 15.7. The highest BCUT2D eigenvalue weighted by Gasteiger charge is 2.46. The summed E-state index contributed by atoms with van der Waals surface area (Å²) in [5.74, 6) is 0.925. The highest BCUT2D eigenvalue weighted by molar-refractivity contribution is 9.10. The zero-order valence-electron chi connectivity index (χ0n) is 14.1. The van der Waals surface area contributed by atoms with Gasteiger partial charge in [-0.25, -0.2) is 0 Å². The molecule has 1 saturated heterocycles. The molecule has 4 rings (SSSR count). The number of nitrogens with zero attached hydrogens (tertiary/aromatic N) is 3. The van der Waals surface area contributed by atoms with Crippen LogP contribution < -0.4 is 0 Å². The lowest BCUT2D eigenvalue weighted by atomic mass is 10.1. The molecule has 130 valence electrons. The van der Waals surface area contributed by atoms with Crippen molar-refractivity contribution in [3.05, 3.63) is 64.4 Å². The monoisotopic (exact) mass is 399 g/mol. The van der Waals surface area contributed by atoms with Gasteiger partial charge in [-0.15, -0.1) is 0 Å². The maximum absolute atomic E-state index is 12.8. The van der Waals surface area contributed by atoms with Crippen LogP contribution >= 0.6 is 15.9 Å². The number of piperazine rings is 1. The Morgan fingerprint density at radius 2 is 1.88 bits per heavy atom. The fourth-order valence-electron chi connectivity index (χ4n) is 3.68. The van der Waals surface area contributed by atoms with Gasteiger partial charge < -0.3 is 4.90 Å². The molecular weight excluding hydrogens is 378 g/mol. The average molecular weight is 400 g/mol. The van der Waals surface area contributed by atoms with E-state index in [9.17, 15) is 4.79 Å². The predicted octanol–water partition coefficient (Wildman–Crippen LogP) is 3.29. The smallest absolute Gasteiger partial charge is 0.226 e. The molecule has 25 heavy (non-hydrogen) atoms. The number of hydrogen-bond donors (Lipinski definition) is 0. The summed E-state index contributed by atoms with van der Waals surface area (Å²) in [7, 11) is 0. The van der Waals surface area contributed by atoms with Gasteiger partial charge in [0.1, 0.15) is 0 Å². The molecule has 2 aromatic rings. The number of hydrogen-bond acceptors (Lipinski definition) is 3. The molecule has 1 amide bonds. The number of pyridine rings is 1. The number of rotatable bonds is 4. The minimum atomic E-state index is 0.182. The largest absolute Gasteiger partial charge is 0.340 e. The van der Waals surface area contributed by atoms with E-state index in [0.29, 0.717) is 11.8 Å². The third-order valence-electron chi connectivity index (χ3n) is 5.22. The molecule has 2 aliphatic rings. The molecule has 1 aliphatic carbocycles. The van der Waals surface area contributed by atoms with Crippen LogP contribution in [0.1, 0.15) is 23.5 Å². The standard InChI is InChI=1S/C20H22BrN3O/c21-17-3-1-2-16(12-17)18-13-19(18)20(25)24-10-8-23(9-11-24)14-15-4-6-22-7-5-15/h1-7,12,18-19H,8-11,13-14H2. The third kappa shape index (κ3) is 3.93. The molecule has 1 saturated carbocycles. The maximum Gasteiger partial charge on any atom is 0.226 e. The van der Waals surface area contributed by atoms with Crippen molar-refractivity contribution < 1.29 is 4.79 Å². The third-order valence-corrected chi connectivity index (χ3v) is 5.72. The summed E-state index contributed by atoms with van der Waals surface area (Å²) in [4.78, 5) is 21.3. The van der Waals surface area contributed by atoms with E-state index in [1.807, 2.05) is 18.5 Å². The molecule has 0 radical (unpaired) electrons. The Hall–Kier alpha value is -1.72. The summed E-state index contributed by atoms with van der Waals surface area (Å²) in [5, 5.41) is 0. The van der Waals surface area contributed by atoms with Crippen LogP contribution in [0.15, 0.2) is 53.3 Å². The fourth-order valence-corrected chi connectivity index (χ4v) is 4.10. The number of aromatic nitrogens is 1. The lowest BCUT2D eigenvalue weighted by Crippen LogP contribution is -2.48. The van der Waals surface area contributed by atoms with Crippen molar-refractivity contribution in [2.45, 2.75) is 18.9 Å². The van der Waals surface area contributed by atoms with Crippen molar-refractivity contribution in [2.75, 3.05) is 26.2 Å². The lowest BCUT2D eigenvalue weighted by molar-refractivity contribution is -0.134. The molecule has 0 bridgehead atoms. The van der Waals surface area contributed by atoms with Crippen molar-refractivity contribution in [3.63, 3.8) is 0 Å². The molecule has 4 nitrogen and oxygen atoms in total. The molecule has 5 heteroatoms. The van der Waals surface area contributed by atoms with E-state index in [1.54, 1.807) is 0 Å². The van der Waals surface area contributed by atoms with Crippen LogP contribution in [-0.4, -0.2) is 46.9 Å². The van der Waals surface area contributed by atoms with Crippen molar-refractivity contribution in [2.24, 2.45) is 5.92 Å². The maximum atomic E-state index is 12.8. The number of benzene rings is 1. The molecule has 0 spiro atoms. The van der Waals surface area contributed by atoms with E-state index < -0.39 is 0 Å². The van der Waals surface area contributed by atoms with Crippen LogP contribution in [0, 0.1) is 5.92 Å². The summed E-state index contributed by atoms with van der Waals surface area (Å²) < 4.78 is 1.09. The van der Waals surface area contributed by atoms with Gasteiger partial charge in [0.05, 0.1) is 0 Å². The van der Waals surface area contributed by atoms with Gasteiger partial charge in [0.25, 0.3) is 0 Å². The summed E-state index contributed by atoms with van der Waals surface area (Å²) in [6, 6.07) is 12.5. The molecule has 2 atom stereocenters. The first-order valence-corrected chi connectivity index (χ1v) is 9.65. The van der Waals surface area contributed by atoms with Crippen LogP contribution in [0.2, 0.25) is 0 Å². The Morgan fingerprint density at radius 3 is 2.60 bits per heavy atom. The first-order valence-electron chi connectivity index (χ1n) is 8.86. The highest BCUT2D eigenvalue weighted by Crippen LogP contribution is 2.48. The van der Waals surface area contributed by atoms with E-state index in [-0.39, 0.29) is 5.92 Å². The van der Waals surface area contributed by atoms with Gasteiger partial charge in [-0.05, 0) is 47.7 Å². The lowest BCUT2D eigenvalue weighted by Gasteiger charge is -2.35. The minimum Gasteiger partial charge on any atom is -0.340 e. The number of carbonyl (C=O) groups is 1. The molecule has 2 unspecified atom stereocenters. The number of carbonyl (C=O) groups excluding carboxylic acids is 1. The molecule has 2 fully saturated rings. The van der Waals surface area contributed by atoms with Gasteiger partial charge in [0.15, 0.2) is 0 Å². The molecule has 2 heterocycles. The Balaban J connectivity index is 1.29. The summed E-state index contributed by atoms with van der Waals surface area (Å²) in [6.45, 7) is 4.51. The van der Waals surface area contributed by atoms with Crippen LogP contribution in [-0.2, 0) is 11.3 Å². The average Bonchev–Trinajstić information content (AvgIpc) is 3.43. The Bertz CT molecular complexity index is 744. The van der Waals surface area contributed by atoms with Gasteiger partial charge in [-0.3, -0.25) is 14.7 Å². The molecule has 1 aromatic heterocycles. The predicted molar refractivity (Wildman–Crippen MR) is 101 cm³/mol. The van der Waals surface area contributed by atoms with E-state index in [0.717, 1.165) is 43.6 Å². The number of amides is 1. The van der Waals surface area contributed by atoms with Crippen LogP contribution in [0.25, 0.3) is 0 Å². The second-order valence-electron chi connectivity index (χ2n) is 6.96. The van der Waals surface area contributed by atoms with Crippen LogP contribution in [0.5, 0.6) is 0 Å². The zero-order chi connectivity index (χ0) is 17.2. The van der Waals surface area contributed by atoms with Gasteiger partial charge in [0, 0.05) is 55.5 Å². The van der Waals surface area contributed by atoms with Gasteiger partial charge in [0.2, 0.25) is 5.91 Å². The molecule has 1 aromatic carbocycles. The topological polar surface area (TPSA) is 36.4 Å². The normalized spacial score (nSPS) is 23.5. The van der Waals surface area contributed by atoms with Gasteiger partial charge >= 0.3 is 0 Å².